The van der Waals surface area contributed by atoms with E-state index in [1.807, 2.05) is 60.7 Å². The summed E-state index contributed by atoms with van der Waals surface area (Å²) in [6.45, 7) is 0. The summed E-state index contributed by atoms with van der Waals surface area (Å²) in [6.07, 6.45) is 0. The summed E-state index contributed by atoms with van der Waals surface area (Å²) in [5.41, 5.74) is 8.62. The molecular weight excluding hydrogens is 642 g/mol. The Bertz CT molecular complexity index is 2930. The van der Waals surface area contributed by atoms with E-state index in [-0.39, 0.29) is 60.3 Å². The summed E-state index contributed by atoms with van der Waals surface area (Å²) >= 11 is 0. The van der Waals surface area contributed by atoms with Crippen molar-refractivity contribution in [2.24, 2.45) is 0 Å². The van der Waals surface area contributed by atoms with Crippen molar-refractivity contribution in [2.75, 3.05) is 0 Å². The summed E-state index contributed by atoms with van der Waals surface area (Å²) in [6, 6.07) is 39.3. The van der Waals surface area contributed by atoms with Crippen LogP contribution in [-0.4, -0.2) is 70.6 Å². The number of furan rings is 1. The molecule has 18 radical (unpaired) electrons. The summed E-state index contributed by atoms with van der Waals surface area (Å²) in [4.78, 5) is 0. The van der Waals surface area contributed by atoms with Gasteiger partial charge in [0.2, 0.25) is 0 Å². The standard InChI is InChI=1S/C44H19B9O/c45-36-33(37(46)39(48)34(38(36)47)35-40(49)42(51)44(53)43(52)41(35)50)32-26-12-6-4-10-24(26)31(25-11-5-7-13-27(25)32)22-14-16-23-28-18-21(20-8-2-1-3-9-20)15-17-29(28)54-30(23)19-22/h1-19H. The molecule has 0 N–H and O–H groups in total. The van der Waals surface area contributed by atoms with Gasteiger partial charge in [-0.2, -0.15) is 0 Å². The maximum atomic E-state index is 6.96. The monoisotopic (exact) mass is 662 g/mol. The fourth-order valence-corrected chi connectivity index (χ4v) is 7.94. The van der Waals surface area contributed by atoms with Gasteiger partial charge in [0, 0.05) is 10.8 Å². The highest BCUT2D eigenvalue weighted by Gasteiger charge is 2.24. The zero-order valence-electron chi connectivity index (χ0n) is 29.1. The number of hydrogen-bond donors (Lipinski definition) is 0. The van der Waals surface area contributed by atoms with Crippen molar-refractivity contribution in [3.05, 3.63) is 115 Å². The van der Waals surface area contributed by atoms with Gasteiger partial charge in [-0.1, -0.05) is 124 Å². The Morgan fingerprint density at radius 2 is 0.685 bits per heavy atom. The highest BCUT2D eigenvalue weighted by molar-refractivity contribution is 6.71. The second-order valence-corrected chi connectivity index (χ2v) is 13.6. The van der Waals surface area contributed by atoms with Gasteiger partial charge in [0.25, 0.3) is 0 Å². The van der Waals surface area contributed by atoms with Crippen molar-refractivity contribution in [3.8, 4) is 44.5 Å². The van der Waals surface area contributed by atoms with Crippen LogP contribution in [0.25, 0.3) is 88.0 Å². The molecule has 54 heavy (non-hydrogen) atoms. The van der Waals surface area contributed by atoms with Gasteiger partial charge in [-0.25, -0.2) is 0 Å². The second kappa shape index (κ2) is 12.9. The van der Waals surface area contributed by atoms with Crippen LogP contribution in [0.1, 0.15) is 0 Å². The molecule has 8 aromatic carbocycles. The Hall–Kier alpha value is -5.34. The lowest BCUT2D eigenvalue weighted by molar-refractivity contribution is 0.669. The van der Waals surface area contributed by atoms with Crippen molar-refractivity contribution in [1.29, 1.82) is 0 Å². The molecule has 1 aromatic heterocycles. The Kier molecular flexibility index (Phi) is 8.23. The van der Waals surface area contributed by atoms with Gasteiger partial charge in [-0.05, 0) is 90.3 Å². The van der Waals surface area contributed by atoms with E-state index in [4.69, 9.17) is 75.0 Å². The molecule has 0 fully saturated rings. The molecule has 9 rings (SSSR count). The first kappa shape index (κ1) is 34.4. The van der Waals surface area contributed by atoms with Gasteiger partial charge >= 0.3 is 0 Å². The number of benzene rings is 8. The van der Waals surface area contributed by atoms with Gasteiger partial charge < -0.3 is 4.42 Å². The quantitative estimate of drug-likeness (QED) is 0.207. The Morgan fingerprint density at radius 1 is 0.259 bits per heavy atom. The molecule has 0 saturated carbocycles. The molecule has 0 saturated heterocycles. The van der Waals surface area contributed by atoms with E-state index >= 15 is 0 Å². The first-order valence-corrected chi connectivity index (χ1v) is 17.3. The zero-order chi connectivity index (χ0) is 37.6. The summed E-state index contributed by atoms with van der Waals surface area (Å²) in [5, 5.41) is 5.83. The highest BCUT2D eigenvalue weighted by Crippen LogP contribution is 2.44. The molecule has 0 aliphatic heterocycles. The van der Waals surface area contributed by atoms with E-state index in [1.165, 1.54) is 0 Å². The molecule has 0 unspecified atom stereocenters. The van der Waals surface area contributed by atoms with Gasteiger partial charge in [-0.15, -0.1) is 16.4 Å². The number of rotatable bonds is 4. The third-order valence-electron chi connectivity index (χ3n) is 10.7. The molecule has 228 valence electrons. The predicted molar refractivity (Wildman–Crippen MR) is 239 cm³/mol. The van der Waals surface area contributed by atoms with E-state index in [2.05, 4.69) is 54.6 Å². The first-order chi connectivity index (χ1) is 26.1. The summed E-state index contributed by atoms with van der Waals surface area (Å²) in [7, 11) is 59.0. The Morgan fingerprint density at radius 3 is 1.22 bits per heavy atom. The van der Waals surface area contributed by atoms with E-state index in [1.54, 1.807) is 0 Å². The van der Waals surface area contributed by atoms with Crippen LogP contribution in [0, 0.1) is 0 Å². The third kappa shape index (κ3) is 5.06. The van der Waals surface area contributed by atoms with Crippen LogP contribution in [0.15, 0.2) is 120 Å². The summed E-state index contributed by atoms with van der Waals surface area (Å²) in [5.74, 6) is 0. The van der Waals surface area contributed by atoms with Gasteiger partial charge in [-0.3, -0.25) is 0 Å². The van der Waals surface area contributed by atoms with E-state index in [0.717, 1.165) is 71.3 Å². The minimum absolute atomic E-state index is 0.0575. The highest BCUT2D eigenvalue weighted by atomic mass is 16.3. The zero-order valence-corrected chi connectivity index (χ0v) is 29.1. The Balaban J connectivity index is 1.29. The van der Waals surface area contributed by atoms with Crippen LogP contribution in [0.2, 0.25) is 0 Å². The van der Waals surface area contributed by atoms with Crippen molar-refractivity contribution in [2.45, 2.75) is 0 Å². The number of fused-ring (bicyclic) bond motifs is 5. The largest absolute Gasteiger partial charge is 0.456 e. The average molecular weight is 661 g/mol. The van der Waals surface area contributed by atoms with Crippen LogP contribution in [0.3, 0.4) is 0 Å². The molecule has 10 heteroatoms. The van der Waals surface area contributed by atoms with Gasteiger partial charge in [0.1, 0.15) is 81.8 Å². The molecule has 1 nitrogen and oxygen atoms in total. The van der Waals surface area contributed by atoms with Gasteiger partial charge in [0.05, 0.1) is 0 Å². The smallest absolute Gasteiger partial charge is 0.136 e. The van der Waals surface area contributed by atoms with Crippen LogP contribution < -0.4 is 49.2 Å². The van der Waals surface area contributed by atoms with Crippen LogP contribution in [-0.2, 0) is 0 Å². The van der Waals surface area contributed by atoms with E-state index in [0.29, 0.717) is 5.56 Å². The van der Waals surface area contributed by atoms with Crippen molar-refractivity contribution >= 4 is 163 Å². The lowest BCUT2D eigenvalue weighted by Gasteiger charge is -2.29. The molecule has 0 amide bonds. The Labute approximate surface area is 326 Å². The average Bonchev–Trinajstić information content (AvgIpc) is 3.57. The molecule has 9 aromatic rings. The van der Waals surface area contributed by atoms with E-state index < -0.39 is 0 Å². The molecular formula is C44H19B9O. The van der Waals surface area contributed by atoms with Crippen LogP contribution >= 0.6 is 0 Å². The lowest BCUT2D eigenvalue weighted by Crippen LogP contribution is -2.57. The normalized spacial score (nSPS) is 11.6. The molecule has 0 spiro atoms. The van der Waals surface area contributed by atoms with Gasteiger partial charge in [0.15, 0.2) is 0 Å². The van der Waals surface area contributed by atoms with Crippen molar-refractivity contribution < 1.29 is 4.42 Å². The molecule has 0 atom stereocenters. The topological polar surface area (TPSA) is 13.1 Å². The summed E-state index contributed by atoms with van der Waals surface area (Å²) < 4.78 is 6.46. The molecule has 0 aliphatic rings. The minimum atomic E-state index is 0.0575. The number of hydrogen-bond acceptors (Lipinski definition) is 1. The van der Waals surface area contributed by atoms with Crippen molar-refractivity contribution in [1.82, 2.24) is 0 Å². The van der Waals surface area contributed by atoms with Crippen molar-refractivity contribution in [3.63, 3.8) is 0 Å². The maximum Gasteiger partial charge on any atom is 0.136 e. The van der Waals surface area contributed by atoms with Crippen LogP contribution in [0.4, 0.5) is 0 Å². The predicted octanol–water partition coefficient (Wildman–Crippen LogP) is 1.70. The van der Waals surface area contributed by atoms with Crippen LogP contribution in [0.5, 0.6) is 0 Å². The molecule has 0 bridgehead atoms. The SMILES string of the molecule is [B]c1c([B])c([B])c(-c2c([B])c([B])c(-c3c4ccccc4c(-c4ccc5c(c4)oc4ccc(-c6ccccc6)cc45)c4ccccc34)c([B])c2[B])c([B])c1[B]. The maximum absolute atomic E-state index is 6.96. The fourth-order valence-electron chi connectivity index (χ4n) is 7.94. The molecule has 0 aliphatic carbocycles. The second-order valence-electron chi connectivity index (χ2n) is 13.6. The van der Waals surface area contributed by atoms with E-state index in [9.17, 15) is 0 Å². The lowest BCUT2D eigenvalue weighted by atomic mass is 9.56. The minimum Gasteiger partial charge on any atom is -0.456 e. The molecule has 1 heterocycles. The fraction of sp³-hybridized carbons (Fsp3) is 0. The first-order valence-electron chi connectivity index (χ1n) is 17.3. The third-order valence-corrected chi connectivity index (χ3v) is 10.7.